The van der Waals surface area contributed by atoms with Crippen LogP contribution in [-0.2, 0) is 22.4 Å². The Morgan fingerprint density at radius 2 is 2.08 bits per heavy atom. The summed E-state index contributed by atoms with van der Waals surface area (Å²) in [5.74, 6) is 1.18. The number of benzene rings is 1. The van der Waals surface area contributed by atoms with Crippen LogP contribution >= 0.6 is 0 Å². The summed E-state index contributed by atoms with van der Waals surface area (Å²) < 4.78 is 14.0. The molecule has 0 aliphatic carbocycles. The van der Waals surface area contributed by atoms with E-state index in [9.17, 15) is 0 Å². The Kier molecular flexibility index (Phi) is 5.06. The predicted molar refractivity (Wildman–Crippen MR) is 98.9 cm³/mol. The molecule has 0 unspecified atom stereocenters. The topological polar surface area (TPSA) is 48.3 Å². The van der Waals surface area contributed by atoms with E-state index in [1.165, 1.54) is 11.3 Å². The van der Waals surface area contributed by atoms with Crippen molar-refractivity contribution in [1.29, 1.82) is 0 Å². The van der Waals surface area contributed by atoms with E-state index >= 15 is 0 Å². The van der Waals surface area contributed by atoms with Crippen molar-refractivity contribution in [3.8, 4) is 0 Å². The molecule has 25 heavy (non-hydrogen) atoms. The number of hydrogen-bond acceptors (Lipinski definition) is 4. The van der Waals surface area contributed by atoms with Crippen LogP contribution in [0.1, 0.15) is 38.4 Å². The van der Waals surface area contributed by atoms with Crippen molar-refractivity contribution in [3.63, 3.8) is 0 Å². The zero-order valence-electron chi connectivity index (χ0n) is 15.2. The van der Waals surface area contributed by atoms with Crippen LogP contribution in [0.25, 0.3) is 11.0 Å². The minimum Gasteiger partial charge on any atom is -0.381 e. The summed E-state index contributed by atoms with van der Waals surface area (Å²) in [4.78, 5) is 4.83. The van der Waals surface area contributed by atoms with Crippen molar-refractivity contribution in [2.24, 2.45) is 0 Å². The second-order valence-electron chi connectivity index (χ2n) is 7.30. The van der Waals surface area contributed by atoms with Gasteiger partial charge in [-0.05, 0) is 44.7 Å². The number of nitrogens with one attached hydrogen (secondary N) is 1. The van der Waals surface area contributed by atoms with Gasteiger partial charge in [0.2, 0.25) is 0 Å². The molecule has 0 radical (unpaired) electrons. The number of aromatic nitrogens is 2. The molecule has 1 atom stereocenters. The number of aryl methyl sites for hydroxylation is 1. The molecule has 4 rings (SSSR count). The second-order valence-corrected chi connectivity index (χ2v) is 7.30. The fourth-order valence-electron chi connectivity index (χ4n) is 4.35. The molecule has 2 aliphatic rings. The zero-order valence-corrected chi connectivity index (χ0v) is 15.2. The van der Waals surface area contributed by atoms with Gasteiger partial charge in [-0.2, -0.15) is 0 Å². The molecule has 5 nitrogen and oxygen atoms in total. The molecule has 2 saturated heterocycles. The van der Waals surface area contributed by atoms with Gasteiger partial charge < -0.3 is 19.4 Å². The van der Waals surface area contributed by atoms with Crippen LogP contribution in [0.4, 0.5) is 0 Å². The first-order valence-corrected chi connectivity index (χ1v) is 9.69. The second kappa shape index (κ2) is 7.44. The van der Waals surface area contributed by atoms with Crippen molar-refractivity contribution in [1.82, 2.24) is 14.9 Å². The lowest BCUT2D eigenvalue weighted by Gasteiger charge is -2.43. The highest BCUT2D eigenvalue weighted by Gasteiger charge is 2.38. The van der Waals surface area contributed by atoms with Crippen LogP contribution in [0.15, 0.2) is 24.3 Å². The van der Waals surface area contributed by atoms with E-state index in [0.717, 1.165) is 70.5 Å². The summed E-state index contributed by atoms with van der Waals surface area (Å²) >= 11 is 0. The van der Waals surface area contributed by atoms with Gasteiger partial charge >= 0.3 is 0 Å². The van der Waals surface area contributed by atoms with Crippen molar-refractivity contribution in [3.05, 3.63) is 30.1 Å². The van der Waals surface area contributed by atoms with Crippen LogP contribution < -0.4 is 5.32 Å². The van der Waals surface area contributed by atoms with Crippen LogP contribution in [0, 0.1) is 0 Å². The maximum absolute atomic E-state index is 6.14. The van der Waals surface area contributed by atoms with Crippen molar-refractivity contribution in [2.75, 3.05) is 26.4 Å². The van der Waals surface area contributed by atoms with E-state index < -0.39 is 0 Å². The Hall–Kier alpha value is -1.43. The number of ether oxygens (including phenoxy) is 2. The smallest absolute Gasteiger partial charge is 0.111 e. The Morgan fingerprint density at radius 1 is 1.24 bits per heavy atom. The van der Waals surface area contributed by atoms with Gasteiger partial charge in [-0.25, -0.2) is 4.98 Å². The largest absolute Gasteiger partial charge is 0.381 e. The Morgan fingerprint density at radius 3 is 2.92 bits per heavy atom. The molecule has 5 heteroatoms. The predicted octanol–water partition coefficient (Wildman–Crippen LogP) is 2.92. The van der Waals surface area contributed by atoms with Crippen LogP contribution in [-0.4, -0.2) is 47.6 Å². The van der Waals surface area contributed by atoms with Gasteiger partial charge in [0.15, 0.2) is 0 Å². The van der Waals surface area contributed by atoms with Crippen LogP contribution in [0.3, 0.4) is 0 Å². The molecule has 1 N–H and O–H groups in total. The fourth-order valence-corrected chi connectivity index (χ4v) is 4.35. The number of para-hydroxylation sites is 2. The maximum atomic E-state index is 6.14. The quantitative estimate of drug-likeness (QED) is 0.907. The molecule has 2 aliphatic heterocycles. The minimum absolute atomic E-state index is 0.0603. The van der Waals surface area contributed by atoms with Crippen molar-refractivity contribution in [2.45, 2.75) is 57.2 Å². The fraction of sp³-hybridized carbons (Fsp3) is 0.650. The number of rotatable bonds is 5. The Bertz CT molecular complexity index is 701. The number of nitrogens with zero attached hydrogens (tertiary/aromatic N) is 2. The SMILES string of the molecule is CCn1c(CCN[C@@H]2CCOC3(CCOCC3)C2)nc2ccccc21. The monoisotopic (exact) mass is 343 g/mol. The van der Waals surface area contributed by atoms with Gasteiger partial charge in [-0.3, -0.25) is 0 Å². The van der Waals surface area contributed by atoms with Gasteiger partial charge in [0, 0.05) is 45.4 Å². The number of fused-ring (bicyclic) bond motifs is 1. The number of hydrogen-bond donors (Lipinski definition) is 1. The normalized spacial score (nSPS) is 23.3. The van der Waals surface area contributed by atoms with Gasteiger partial charge in [-0.1, -0.05) is 12.1 Å². The van der Waals surface area contributed by atoms with E-state index in [-0.39, 0.29) is 5.60 Å². The summed E-state index contributed by atoms with van der Waals surface area (Å²) in [7, 11) is 0. The van der Waals surface area contributed by atoms with Gasteiger partial charge in [-0.15, -0.1) is 0 Å². The summed E-state index contributed by atoms with van der Waals surface area (Å²) in [6.07, 6.45) is 5.26. The average Bonchev–Trinajstić information content (AvgIpc) is 3.00. The molecule has 0 amide bonds. The highest BCUT2D eigenvalue weighted by molar-refractivity contribution is 5.75. The summed E-state index contributed by atoms with van der Waals surface area (Å²) in [6.45, 7) is 6.68. The summed E-state index contributed by atoms with van der Waals surface area (Å²) in [5, 5.41) is 3.76. The lowest BCUT2D eigenvalue weighted by Crippen LogP contribution is -2.50. The molecule has 1 spiro atoms. The average molecular weight is 343 g/mol. The van der Waals surface area contributed by atoms with E-state index in [1.807, 2.05) is 0 Å². The molecule has 3 heterocycles. The Balaban J connectivity index is 1.36. The van der Waals surface area contributed by atoms with E-state index in [4.69, 9.17) is 14.5 Å². The molecule has 136 valence electrons. The van der Waals surface area contributed by atoms with Gasteiger partial charge in [0.05, 0.1) is 16.6 Å². The highest BCUT2D eigenvalue weighted by Crippen LogP contribution is 2.34. The molecular formula is C20H29N3O2. The molecule has 1 aromatic carbocycles. The molecule has 1 aromatic heterocycles. The molecule has 2 aromatic rings. The lowest BCUT2D eigenvalue weighted by atomic mass is 9.84. The minimum atomic E-state index is 0.0603. The van der Waals surface area contributed by atoms with Gasteiger partial charge in [0.1, 0.15) is 5.82 Å². The van der Waals surface area contributed by atoms with Crippen molar-refractivity contribution < 1.29 is 9.47 Å². The maximum Gasteiger partial charge on any atom is 0.111 e. The van der Waals surface area contributed by atoms with E-state index in [1.54, 1.807) is 0 Å². The van der Waals surface area contributed by atoms with Crippen LogP contribution in [0.5, 0.6) is 0 Å². The van der Waals surface area contributed by atoms with Crippen LogP contribution in [0.2, 0.25) is 0 Å². The third-order valence-corrected chi connectivity index (χ3v) is 5.73. The zero-order chi connectivity index (χ0) is 17.1. The lowest BCUT2D eigenvalue weighted by molar-refractivity contribution is -0.140. The highest BCUT2D eigenvalue weighted by atomic mass is 16.5. The standard InChI is InChI=1S/C20H29N3O2/c1-2-23-18-6-4-3-5-17(18)22-19(23)7-11-21-16-8-12-25-20(15-16)9-13-24-14-10-20/h3-6,16,21H,2,7-15H2,1H3/t16-/m1/s1. The number of imidazole rings is 1. The van der Waals surface area contributed by atoms with E-state index in [0.29, 0.717) is 6.04 Å². The summed E-state index contributed by atoms with van der Waals surface area (Å²) in [6, 6.07) is 8.97. The first-order chi connectivity index (χ1) is 12.3. The first-order valence-electron chi connectivity index (χ1n) is 9.69. The summed E-state index contributed by atoms with van der Waals surface area (Å²) in [5.41, 5.74) is 2.41. The molecule has 2 fully saturated rings. The molecule has 0 saturated carbocycles. The molecule has 0 bridgehead atoms. The molecular weight excluding hydrogens is 314 g/mol. The Labute approximate surface area is 149 Å². The first kappa shape index (κ1) is 17.0. The van der Waals surface area contributed by atoms with Gasteiger partial charge in [0.25, 0.3) is 0 Å². The van der Waals surface area contributed by atoms with E-state index in [2.05, 4.69) is 41.1 Å². The third-order valence-electron chi connectivity index (χ3n) is 5.73. The van der Waals surface area contributed by atoms with Crippen molar-refractivity contribution >= 4 is 11.0 Å². The third kappa shape index (κ3) is 3.59.